The first-order valence-corrected chi connectivity index (χ1v) is 6.98. The summed E-state index contributed by atoms with van der Waals surface area (Å²) >= 11 is 0. The number of aromatic nitrogens is 2. The summed E-state index contributed by atoms with van der Waals surface area (Å²) in [5.74, 6) is 1.87. The molecule has 0 saturated heterocycles. The number of benzene rings is 2. The molecule has 0 unspecified atom stereocenters. The quantitative estimate of drug-likeness (QED) is 0.801. The lowest BCUT2D eigenvalue weighted by Gasteiger charge is -2.15. The van der Waals surface area contributed by atoms with Crippen LogP contribution < -0.4 is 19.8 Å². The fourth-order valence-corrected chi connectivity index (χ4v) is 2.51. The van der Waals surface area contributed by atoms with Gasteiger partial charge in [0.1, 0.15) is 17.1 Å². The maximum Gasteiger partial charge on any atom is 0.259 e. The lowest BCUT2D eigenvalue weighted by Crippen LogP contribution is -2.10. The van der Waals surface area contributed by atoms with Gasteiger partial charge in [-0.3, -0.25) is 4.79 Å². The summed E-state index contributed by atoms with van der Waals surface area (Å²) in [6.07, 6.45) is 0. The van der Waals surface area contributed by atoms with Crippen LogP contribution in [0.4, 0.5) is 0 Å². The topological polar surface area (TPSA) is 73.4 Å². The summed E-state index contributed by atoms with van der Waals surface area (Å²) in [7, 11) is 4.62. The molecule has 3 rings (SSSR count). The van der Waals surface area contributed by atoms with E-state index in [1.807, 2.05) is 6.07 Å². The Kier molecular flexibility index (Phi) is 3.89. The first kappa shape index (κ1) is 14.9. The number of rotatable bonds is 4. The fourth-order valence-electron chi connectivity index (χ4n) is 2.51. The van der Waals surface area contributed by atoms with Crippen LogP contribution in [0.1, 0.15) is 0 Å². The van der Waals surface area contributed by atoms with Gasteiger partial charge >= 0.3 is 0 Å². The summed E-state index contributed by atoms with van der Waals surface area (Å²) in [6.45, 7) is 0. The Morgan fingerprint density at radius 3 is 2.30 bits per heavy atom. The number of aromatic amines is 1. The summed E-state index contributed by atoms with van der Waals surface area (Å²) in [5.41, 5.74) is 0.910. The van der Waals surface area contributed by atoms with E-state index in [0.29, 0.717) is 39.5 Å². The van der Waals surface area contributed by atoms with Crippen LogP contribution in [0.2, 0.25) is 0 Å². The summed E-state index contributed by atoms with van der Waals surface area (Å²) in [5, 5.41) is 0.525. The number of nitrogens with zero attached hydrogens (tertiary/aromatic N) is 1. The SMILES string of the molecule is COc1ccc(OC)c(-c2nc3ccccc3c(=O)[nH]2)c1OC. The van der Waals surface area contributed by atoms with Crippen LogP contribution in [0.3, 0.4) is 0 Å². The van der Waals surface area contributed by atoms with E-state index in [9.17, 15) is 4.79 Å². The van der Waals surface area contributed by atoms with Crippen molar-refractivity contribution in [3.8, 4) is 28.6 Å². The van der Waals surface area contributed by atoms with Crippen molar-refractivity contribution in [2.75, 3.05) is 21.3 Å². The summed E-state index contributed by atoms with van der Waals surface area (Å²) in [6, 6.07) is 10.6. The Morgan fingerprint density at radius 2 is 1.61 bits per heavy atom. The van der Waals surface area contributed by atoms with Gasteiger partial charge in [0, 0.05) is 0 Å². The lowest BCUT2D eigenvalue weighted by atomic mass is 10.1. The minimum absolute atomic E-state index is 0.225. The second-order valence-corrected chi connectivity index (χ2v) is 4.81. The zero-order valence-corrected chi connectivity index (χ0v) is 13.0. The van der Waals surface area contributed by atoms with E-state index in [1.165, 1.54) is 7.11 Å². The largest absolute Gasteiger partial charge is 0.496 e. The van der Waals surface area contributed by atoms with E-state index < -0.39 is 0 Å². The maximum atomic E-state index is 12.3. The number of nitrogens with one attached hydrogen (secondary N) is 1. The van der Waals surface area contributed by atoms with Crippen molar-refractivity contribution in [2.45, 2.75) is 0 Å². The molecule has 0 amide bonds. The van der Waals surface area contributed by atoms with Crippen LogP contribution in [0.15, 0.2) is 41.2 Å². The minimum Gasteiger partial charge on any atom is -0.496 e. The van der Waals surface area contributed by atoms with Gasteiger partial charge in [0.2, 0.25) is 0 Å². The monoisotopic (exact) mass is 312 g/mol. The highest BCUT2D eigenvalue weighted by Crippen LogP contribution is 2.42. The van der Waals surface area contributed by atoms with Gasteiger partial charge in [0.05, 0.1) is 32.2 Å². The van der Waals surface area contributed by atoms with E-state index in [2.05, 4.69) is 9.97 Å². The molecular formula is C17H16N2O4. The molecule has 0 bridgehead atoms. The van der Waals surface area contributed by atoms with Gasteiger partial charge < -0.3 is 19.2 Å². The highest BCUT2D eigenvalue weighted by Gasteiger charge is 2.20. The number of fused-ring (bicyclic) bond motifs is 1. The van der Waals surface area contributed by atoms with Crippen LogP contribution in [0.5, 0.6) is 17.2 Å². The van der Waals surface area contributed by atoms with Crippen LogP contribution in [-0.4, -0.2) is 31.3 Å². The van der Waals surface area contributed by atoms with E-state index in [4.69, 9.17) is 14.2 Å². The number of hydrogen-bond acceptors (Lipinski definition) is 5. The lowest BCUT2D eigenvalue weighted by molar-refractivity contribution is 0.350. The number of hydrogen-bond donors (Lipinski definition) is 1. The molecule has 118 valence electrons. The fraction of sp³-hybridized carbons (Fsp3) is 0.176. The second kappa shape index (κ2) is 6.00. The molecule has 3 aromatic rings. The normalized spacial score (nSPS) is 10.6. The Morgan fingerprint density at radius 1 is 0.913 bits per heavy atom. The standard InChI is InChI=1S/C17H16N2O4/c1-21-12-8-9-13(22-2)15(23-3)14(12)16-18-11-7-5-4-6-10(11)17(20)19-16/h4-9H,1-3H3,(H,18,19,20). The average Bonchev–Trinajstić information content (AvgIpc) is 2.60. The molecule has 6 heteroatoms. The molecule has 6 nitrogen and oxygen atoms in total. The van der Waals surface area contributed by atoms with Crippen molar-refractivity contribution in [2.24, 2.45) is 0 Å². The molecule has 1 aromatic heterocycles. The third-order valence-electron chi connectivity index (χ3n) is 3.58. The van der Waals surface area contributed by atoms with Gasteiger partial charge in [-0.2, -0.15) is 0 Å². The Balaban J connectivity index is 2.35. The van der Waals surface area contributed by atoms with E-state index in [-0.39, 0.29) is 5.56 Å². The Bertz CT molecular complexity index is 918. The van der Waals surface area contributed by atoms with Gasteiger partial charge in [0.25, 0.3) is 5.56 Å². The van der Waals surface area contributed by atoms with Gasteiger partial charge in [-0.1, -0.05) is 12.1 Å². The zero-order valence-electron chi connectivity index (χ0n) is 13.0. The van der Waals surface area contributed by atoms with Crippen LogP contribution >= 0.6 is 0 Å². The molecular weight excluding hydrogens is 296 g/mol. The van der Waals surface area contributed by atoms with Crippen molar-refractivity contribution in [1.29, 1.82) is 0 Å². The number of para-hydroxylation sites is 1. The molecule has 0 aliphatic rings. The minimum atomic E-state index is -0.225. The highest BCUT2D eigenvalue weighted by atomic mass is 16.5. The number of ether oxygens (including phenoxy) is 3. The Labute approximate surface area is 132 Å². The molecule has 1 N–H and O–H groups in total. The van der Waals surface area contributed by atoms with Crippen molar-refractivity contribution < 1.29 is 14.2 Å². The molecule has 2 aromatic carbocycles. The van der Waals surface area contributed by atoms with Gasteiger partial charge in [-0.25, -0.2) is 4.98 Å². The molecule has 0 saturated carbocycles. The van der Waals surface area contributed by atoms with Gasteiger partial charge in [0.15, 0.2) is 11.5 Å². The van der Waals surface area contributed by atoms with Crippen molar-refractivity contribution in [3.05, 3.63) is 46.8 Å². The maximum absolute atomic E-state index is 12.3. The van der Waals surface area contributed by atoms with E-state index in [1.54, 1.807) is 44.6 Å². The first-order chi connectivity index (χ1) is 11.2. The molecule has 0 atom stereocenters. The molecule has 1 heterocycles. The smallest absolute Gasteiger partial charge is 0.259 e. The molecule has 23 heavy (non-hydrogen) atoms. The van der Waals surface area contributed by atoms with Gasteiger partial charge in [-0.05, 0) is 24.3 Å². The molecule has 0 fully saturated rings. The molecule has 0 spiro atoms. The van der Waals surface area contributed by atoms with Crippen LogP contribution in [0, 0.1) is 0 Å². The third-order valence-corrected chi connectivity index (χ3v) is 3.58. The molecule has 0 aliphatic carbocycles. The summed E-state index contributed by atoms with van der Waals surface area (Å²) < 4.78 is 16.2. The predicted molar refractivity (Wildman–Crippen MR) is 87.5 cm³/mol. The predicted octanol–water partition coefficient (Wildman–Crippen LogP) is 2.62. The van der Waals surface area contributed by atoms with E-state index >= 15 is 0 Å². The first-order valence-electron chi connectivity index (χ1n) is 6.98. The van der Waals surface area contributed by atoms with Crippen LogP contribution in [0.25, 0.3) is 22.3 Å². The van der Waals surface area contributed by atoms with Crippen LogP contribution in [-0.2, 0) is 0 Å². The Hall–Kier alpha value is -3.02. The zero-order chi connectivity index (χ0) is 16.4. The molecule has 0 aliphatic heterocycles. The van der Waals surface area contributed by atoms with E-state index in [0.717, 1.165) is 0 Å². The van der Waals surface area contributed by atoms with Crippen molar-refractivity contribution in [1.82, 2.24) is 9.97 Å². The van der Waals surface area contributed by atoms with Crippen molar-refractivity contribution in [3.63, 3.8) is 0 Å². The second-order valence-electron chi connectivity index (χ2n) is 4.81. The third kappa shape index (κ3) is 2.48. The number of methoxy groups -OCH3 is 3. The van der Waals surface area contributed by atoms with Gasteiger partial charge in [-0.15, -0.1) is 0 Å². The van der Waals surface area contributed by atoms with Crippen molar-refractivity contribution >= 4 is 10.9 Å². The molecule has 0 radical (unpaired) electrons. The highest BCUT2D eigenvalue weighted by molar-refractivity contribution is 5.82. The average molecular weight is 312 g/mol. The summed E-state index contributed by atoms with van der Waals surface area (Å²) in [4.78, 5) is 19.6. The number of H-pyrrole nitrogens is 1.